The second-order valence-corrected chi connectivity index (χ2v) is 11.9. The zero-order valence-electron chi connectivity index (χ0n) is 33.6. The van der Waals surface area contributed by atoms with Crippen LogP contribution in [0.1, 0.15) is 14.8 Å². The molecule has 0 saturated carbocycles. The van der Waals surface area contributed by atoms with Crippen LogP contribution in [0, 0.1) is 0 Å². The molecule has 0 bridgehead atoms. The van der Waals surface area contributed by atoms with E-state index in [0.717, 1.165) is 22.4 Å². The number of benzene rings is 6. The van der Waals surface area contributed by atoms with Gasteiger partial charge in [0.25, 0.3) is 0 Å². The first kappa shape index (κ1) is 20.3. The van der Waals surface area contributed by atoms with Gasteiger partial charge in [-0.1, -0.05) is 109 Å². The summed E-state index contributed by atoms with van der Waals surface area (Å²) in [5.41, 5.74) is 6.41. The maximum absolute atomic E-state index is 5.00. The third kappa shape index (κ3) is 3.94. The van der Waals surface area contributed by atoms with Crippen LogP contribution in [0.2, 0.25) is 0 Å². The van der Waals surface area contributed by atoms with Gasteiger partial charge < -0.3 is 4.57 Å². The van der Waals surface area contributed by atoms with Crippen molar-refractivity contribution in [3.8, 4) is 39.9 Å². The van der Waals surface area contributed by atoms with Crippen molar-refractivity contribution in [2.45, 2.75) is 0 Å². The molecule has 0 aliphatic carbocycles. The van der Waals surface area contributed by atoms with Crippen LogP contribution < -0.4 is 0 Å². The van der Waals surface area contributed by atoms with E-state index in [2.05, 4.69) is 89.5 Å². The molecular formula is C39H34N4S. The molecule has 5 heteroatoms. The normalized spacial score (nSPS) is 12.5. The van der Waals surface area contributed by atoms with Crippen molar-refractivity contribution in [2.75, 3.05) is 0 Å². The second-order valence-electron chi connectivity index (χ2n) is 10.9. The molecule has 9 rings (SSSR count). The van der Waals surface area contributed by atoms with Crippen LogP contribution >= 0.6 is 11.3 Å². The monoisotopic (exact) mass is 600 g/mol. The lowest BCUT2D eigenvalue weighted by molar-refractivity contribution is 1.07. The number of para-hydroxylation sites is 1. The van der Waals surface area contributed by atoms with E-state index in [9.17, 15) is 0 Å². The Morgan fingerprint density at radius 3 is 1.64 bits per heavy atom. The molecule has 6 aromatic carbocycles. The Hall–Kier alpha value is -5.65. The fraction of sp³-hybridized carbons (Fsp3) is 0. The molecule has 0 saturated heterocycles. The molecule has 0 fully saturated rings. The topological polar surface area (TPSA) is 43.6 Å². The van der Waals surface area contributed by atoms with Crippen molar-refractivity contribution in [1.29, 1.82) is 0 Å². The molecule has 216 valence electrons. The quantitative estimate of drug-likeness (QED) is 0.202. The van der Waals surface area contributed by atoms with Gasteiger partial charge in [-0.25, -0.2) is 15.0 Å². The molecule has 44 heavy (non-hydrogen) atoms. The molecule has 3 heterocycles. The second kappa shape index (κ2) is 9.97. The SMILES string of the molecule is [2H][2H].[2H][2H].[2H][2H].[2H][2H].[2H][2H].c1ccc(-c2nc(-c3ccccc3)nc(-c3ccc(-n4c5ccccc5c5ccc6c7ccccc7sc6c54)cc3)n2)cc1. The summed E-state index contributed by atoms with van der Waals surface area (Å²) >= 11 is 1.87. The van der Waals surface area contributed by atoms with Gasteiger partial charge in [-0.3, -0.25) is 0 Å². The van der Waals surface area contributed by atoms with Gasteiger partial charge in [-0.05, 0) is 36.4 Å². The molecule has 0 N–H and O–H groups in total. The lowest BCUT2D eigenvalue weighted by Crippen LogP contribution is -2.00. The molecule has 0 aliphatic heterocycles. The standard InChI is InChI=1S/C39H24N4S.5H2/c1-3-11-25(12-4-1)37-40-38(26-13-5-2-6-14-26)42-39(41-37)27-19-21-28(22-20-27)43-33-17-9-7-15-29(33)31-23-24-32-30-16-8-10-18-34(30)44-36(32)35(31)43;;;;;/h1-24H;5*1H/i;5*1+1D. The predicted octanol–water partition coefficient (Wildman–Crippen LogP) is 11.6. The molecule has 0 radical (unpaired) electrons. The van der Waals surface area contributed by atoms with Gasteiger partial charge in [-0.2, -0.15) is 0 Å². The van der Waals surface area contributed by atoms with Gasteiger partial charge in [0, 0.05) is 63.5 Å². The number of hydrogen-bond acceptors (Lipinski definition) is 4. The summed E-state index contributed by atoms with van der Waals surface area (Å²) < 4.78 is 55.0. The molecule has 0 unspecified atom stereocenters. The third-order valence-electron chi connectivity index (χ3n) is 8.26. The lowest BCUT2D eigenvalue weighted by atomic mass is 10.1. The van der Waals surface area contributed by atoms with E-state index in [4.69, 9.17) is 29.8 Å². The van der Waals surface area contributed by atoms with E-state index in [1.807, 2.05) is 72.0 Å². The zero-order valence-corrected chi connectivity index (χ0v) is 24.4. The Morgan fingerprint density at radius 2 is 0.977 bits per heavy atom. The highest BCUT2D eigenvalue weighted by Crippen LogP contribution is 2.43. The van der Waals surface area contributed by atoms with Crippen LogP contribution in [-0.4, -0.2) is 19.5 Å². The van der Waals surface area contributed by atoms with Crippen LogP contribution in [0.15, 0.2) is 146 Å². The summed E-state index contributed by atoms with van der Waals surface area (Å²) in [6, 6.07) is 50.7. The maximum atomic E-state index is 5.00. The van der Waals surface area contributed by atoms with Crippen molar-refractivity contribution in [3.05, 3.63) is 146 Å². The van der Waals surface area contributed by atoms with E-state index in [1.54, 1.807) is 0 Å². The van der Waals surface area contributed by atoms with Crippen molar-refractivity contribution < 1.29 is 14.8 Å². The highest BCUT2D eigenvalue weighted by molar-refractivity contribution is 7.26. The van der Waals surface area contributed by atoms with Gasteiger partial charge in [0.2, 0.25) is 0 Å². The first-order valence-electron chi connectivity index (χ1n) is 19.6. The first-order chi connectivity index (χ1) is 26.8. The Bertz CT molecular complexity index is 2460. The van der Waals surface area contributed by atoms with Gasteiger partial charge in [0.05, 0.1) is 15.7 Å². The minimum absolute atomic E-state index is 0.651. The van der Waals surface area contributed by atoms with E-state index < -0.39 is 0 Å². The van der Waals surface area contributed by atoms with Crippen LogP contribution in [0.3, 0.4) is 0 Å². The number of fused-ring (bicyclic) bond motifs is 7. The van der Waals surface area contributed by atoms with Crippen molar-refractivity contribution in [2.24, 2.45) is 0 Å². The number of rotatable bonds is 4. The largest absolute Gasteiger partial charge is 0.308 e. The number of aromatic nitrogens is 4. The Labute approximate surface area is 273 Å². The van der Waals surface area contributed by atoms with Crippen LogP contribution in [0.5, 0.6) is 0 Å². The Balaban J connectivity index is 0.000000604. The van der Waals surface area contributed by atoms with E-state index >= 15 is 0 Å². The molecule has 9 aromatic rings. The average molecular weight is 601 g/mol. The summed E-state index contributed by atoms with van der Waals surface area (Å²) in [7, 11) is 0. The molecule has 4 nitrogen and oxygen atoms in total. The smallest absolute Gasteiger partial charge is 0.164 e. The summed E-state index contributed by atoms with van der Waals surface area (Å²) in [6.45, 7) is 0. The minimum Gasteiger partial charge on any atom is -0.308 e. The molecule has 0 atom stereocenters. The fourth-order valence-electron chi connectivity index (χ4n) is 6.20. The van der Waals surface area contributed by atoms with Gasteiger partial charge in [-0.15, -0.1) is 11.3 Å². The number of nitrogens with zero attached hydrogens (tertiary/aromatic N) is 4. The van der Waals surface area contributed by atoms with Crippen molar-refractivity contribution in [1.82, 2.24) is 19.5 Å². The van der Waals surface area contributed by atoms with Gasteiger partial charge in [0.15, 0.2) is 17.5 Å². The van der Waals surface area contributed by atoms with Crippen LogP contribution in [-0.2, 0) is 0 Å². The molecular weight excluding hydrogens is 557 g/mol. The van der Waals surface area contributed by atoms with E-state index in [0.29, 0.717) is 17.5 Å². The molecule has 0 spiro atoms. The van der Waals surface area contributed by atoms with Crippen LogP contribution in [0.25, 0.3) is 81.8 Å². The van der Waals surface area contributed by atoms with Crippen molar-refractivity contribution >= 4 is 53.3 Å². The summed E-state index contributed by atoms with van der Waals surface area (Å²) in [6.07, 6.45) is 0. The van der Waals surface area contributed by atoms with E-state index in [1.165, 1.54) is 42.0 Å². The highest BCUT2D eigenvalue weighted by atomic mass is 32.1. The summed E-state index contributed by atoms with van der Waals surface area (Å²) in [4.78, 5) is 14.7. The average Bonchev–Trinajstić information content (AvgIpc) is 3.84. The fourth-order valence-corrected chi connectivity index (χ4v) is 7.44. The maximum Gasteiger partial charge on any atom is 0.164 e. The summed E-state index contributed by atoms with van der Waals surface area (Å²) in [5, 5.41) is 5.12. The predicted molar refractivity (Wildman–Crippen MR) is 194 cm³/mol. The Kier molecular flexibility index (Phi) is 4.60. The molecule has 0 aliphatic rings. The minimum atomic E-state index is 0.651. The van der Waals surface area contributed by atoms with Gasteiger partial charge in [0.1, 0.15) is 0 Å². The lowest BCUT2D eigenvalue weighted by Gasteiger charge is -2.11. The van der Waals surface area contributed by atoms with Crippen molar-refractivity contribution in [3.63, 3.8) is 0 Å². The first-order valence-corrected chi connectivity index (χ1v) is 15.4. The van der Waals surface area contributed by atoms with Crippen LogP contribution in [0.4, 0.5) is 0 Å². The summed E-state index contributed by atoms with van der Waals surface area (Å²) in [5.74, 6) is 1.97. The highest BCUT2D eigenvalue weighted by Gasteiger charge is 2.18. The zero-order chi connectivity index (χ0) is 39.0. The third-order valence-corrected chi connectivity index (χ3v) is 9.46. The number of thiophene rings is 1. The number of hydrogen-bond donors (Lipinski definition) is 0. The molecule has 3 aromatic heterocycles. The molecule has 0 amide bonds. The Morgan fingerprint density at radius 1 is 0.455 bits per heavy atom. The van der Waals surface area contributed by atoms with Gasteiger partial charge >= 0.3 is 0 Å². The van der Waals surface area contributed by atoms with E-state index in [-0.39, 0.29) is 0 Å².